The maximum absolute atomic E-state index is 11.9. The number of hydrogen-bond donors (Lipinski definition) is 2. The summed E-state index contributed by atoms with van der Waals surface area (Å²) in [5.41, 5.74) is 1.88. The van der Waals surface area contributed by atoms with Crippen LogP contribution in [-0.2, 0) is 6.54 Å². The summed E-state index contributed by atoms with van der Waals surface area (Å²) in [6, 6.07) is 5.90. The quantitative estimate of drug-likeness (QED) is 0.651. The third-order valence-electron chi connectivity index (χ3n) is 3.40. The maximum atomic E-state index is 11.9. The van der Waals surface area contributed by atoms with Crippen LogP contribution >= 0.6 is 22.6 Å². The summed E-state index contributed by atoms with van der Waals surface area (Å²) >= 11 is 2.25. The zero-order chi connectivity index (χ0) is 15.1. The molecule has 6 nitrogen and oxygen atoms in total. The Morgan fingerprint density at radius 3 is 2.76 bits per heavy atom. The first kappa shape index (κ1) is 14.1. The molecular weight excluding hydrogens is 383 g/mol. The number of imidazole rings is 1. The van der Waals surface area contributed by atoms with Crippen molar-refractivity contribution in [1.82, 2.24) is 19.5 Å². The molecule has 7 heteroatoms. The van der Waals surface area contributed by atoms with Gasteiger partial charge in [-0.25, -0.2) is 9.78 Å². The Kier molecular flexibility index (Phi) is 3.44. The minimum Gasteiger partial charge on any atom is -0.332 e. The zero-order valence-electron chi connectivity index (χ0n) is 11.5. The topological polar surface area (TPSA) is 83.5 Å². The predicted octanol–water partition coefficient (Wildman–Crippen LogP) is 2.01. The number of halogens is 1. The van der Waals surface area contributed by atoms with Gasteiger partial charge >= 0.3 is 5.69 Å². The van der Waals surface area contributed by atoms with Crippen LogP contribution in [0.15, 0.2) is 27.8 Å². The molecule has 0 atom stereocenters. The summed E-state index contributed by atoms with van der Waals surface area (Å²) in [5, 5.41) is 0. The lowest BCUT2D eigenvalue weighted by molar-refractivity contribution is 0.720. The van der Waals surface area contributed by atoms with Crippen molar-refractivity contribution in [3.05, 3.63) is 48.2 Å². The van der Waals surface area contributed by atoms with Crippen LogP contribution in [0.2, 0.25) is 0 Å². The van der Waals surface area contributed by atoms with Crippen molar-refractivity contribution >= 4 is 33.8 Å². The second kappa shape index (κ2) is 5.14. The third kappa shape index (κ3) is 2.21. The number of H-pyrrole nitrogens is 2. The van der Waals surface area contributed by atoms with Gasteiger partial charge in [-0.3, -0.25) is 14.3 Å². The van der Waals surface area contributed by atoms with Crippen LogP contribution in [0.25, 0.3) is 22.6 Å². The van der Waals surface area contributed by atoms with Crippen LogP contribution in [0.5, 0.6) is 0 Å². The van der Waals surface area contributed by atoms with Crippen molar-refractivity contribution in [2.24, 2.45) is 0 Å². The molecule has 3 rings (SSSR count). The zero-order valence-corrected chi connectivity index (χ0v) is 13.7. The molecule has 0 spiro atoms. The first-order valence-electron chi connectivity index (χ1n) is 6.51. The lowest BCUT2D eigenvalue weighted by Gasteiger charge is -2.03. The molecule has 0 saturated heterocycles. The van der Waals surface area contributed by atoms with Gasteiger partial charge in [-0.2, -0.15) is 0 Å². The van der Waals surface area contributed by atoms with E-state index in [0.717, 1.165) is 14.7 Å². The van der Waals surface area contributed by atoms with E-state index in [1.165, 1.54) is 4.57 Å². The molecule has 0 fully saturated rings. The first-order chi connectivity index (χ1) is 10.0. The summed E-state index contributed by atoms with van der Waals surface area (Å²) in [6.45, 7) is 4.30. The van der Waals surface area contributed by atoms with Crippen LogP contribution in [0, 0.1) is 10.5 Å². The second-order valence-corrected chi connectivity index (χ2v) is 5.80. The van der Waals surface area contributed by atoms with Gasteiger partial charge in [-0.1, -0.05) is 18.2 Å². The van der Waals surface area contributed by atoms with Gasteiger partial charge in [-0.05, 0) is 42.0 Å². The number of benzene rings is 1. The fourth-order valence-corrected chi connectivity index (χ4v) is 2.91. The highest BCUT2D eigenvalue weighted by Gasteiger charge is 2.15. The van der Waals surface area contributed by atoms with Gasteiger partial charge < -0.3 is 4.98 Å². The van der Waals surface area contributed by atoms with Crippen LogP contribution in [0.3, 0.4) is 0 Å². The highest BCUT2D eigenvalue weighted by molar-refractivity contribution is 14.1. The molecule has 2 aromatic heterocycles. The molecule has 2 N–H and O–H groups in total. The highest BCUT2D eigenvalue weighted by atomic mass is 127. The fourth-order valence-electron chi connectivity index (χ4n) is 2.29. The van der Waals surface area contributed by atoms with Crippen LogP contribution < -0.4 is 11.2 Å². The van der Waals surface area contributed by atoms with Crippen molar-refractivity contribution < 1.29 is 0 Å². The Morgan fingerprint density at radius 1 is 1.29 bits per heavy atom. The maximum Gasteiger partial charge on any atom is 0.330 e. The Bertz CT molecular complexity index is 952. The summed E-state index contributed by atoms with van der Waals surface area (Å²) in [7, 11) is 0. The Labute approximate surface area is 133 Å². The molecule has 0 aliphatic heterocycles. The Hall–Kier alpha value is -1.90. The molecule has 0 amide bonds. The predicted molar refractivity (Wildman–Crippen MR) is 89.5 cm³/mol. The van der Waals surface area contributed by atoms with E-state index in [0.29, 0.717) is 23.5 Å². The van der Waals surface area contributed by atoms with Crippen molar-refractivity contribution in [1.29, 1.82) is 0 Å². The molecular formula is C14H13IN4O2. The standard InChI is InChI=1S/C14H13IN4O2/c1-3-19-12-10(13(20)18-14(19)21)16-11(17-12)8-6-4-5-7(2)9(8)15/h4-6H,3H2,1-2H3,(H,16,17)(H,18,20,21). The molecule has 0 unspecified atom stereocenters. The SMILES string of the molecule is CCn1c(=O)[nH]c(=O)c2[nH]c(-c3cccc(C)c3I)nc21. The number of aryl methyl sites for hydroxylation is 2. The van der Waals surface area contributed by atoms with Gasteiger partial charge in [0.05, 0.1) is 0 Å². The van der Waals surface area contributed by atoms with Gasteiger partial charge in [0.1, 0.15) is 11.3 Å². The third-order valence-corrected chi connectivity index (χ3v) is 4.83. The molecule has 0 aliphatic carbocycles. The van der Waals surface area contributed by atoms with Crippen LogP contribution in [0.4, 0.5) is 0 Å². The van der Waals surface area contributed by atoms with E-state index >= 15 is 0 Å². The average Bonchev–Trinajstić information content (AvgIpc) is 2.87. The van der Waals surface area contributed by atoms with Crippen molar-refractivity contribution in [2.45, 2.75) is 20.4 Å². The van der Waals surface area contributed by atoms with E-state index < -0.39 is 11.2 Å². The van der Waals surface area contributed by atoms with Crippen molar-refractivity contribution in [2.75, 3.05) is 0 Å². The molecule has 1 aromatic carbocycles. The number of fused-ring (bicyclic) bond motifs is 1. The lowest BCUT2D eigenvalue weighted by atomic mass is 10.1. The minimum atomic E-state index is -0.443. The van der Waals surface area contributed by atoms with E-state index in [4.69, 9.17) is 0 Å². The largest absolute Gasteiger partial charge is 0.332 e. The van der Waals surface area contributed by atoms with Gasteiger partial charge in [-0.15, -0.1) is 0 Å². The molecule has 2 heterocycles. The minimum absolute atomic E-state index is 0.323. The molecule has 0 saturated carbocycles. The van der Waals surface area contributed by atoms with E-state index in [1.54, 1.807) is 0 Å². The monoisotopic (exact) mass is 396 g/mol. The smallest absolute Gasteiger partial charge is 0.330 e. The van der Waals surface area contributed by atoms with E-state index in [9.17, 15) is 9.59 Å². The molecule has 0 bridgehead atoms. The van der Waals surface area contributed by atoms with Gasteiger partial charge in [0.2, 0.25) is 0 Å². The lowest BCUT2D eigenvalue weighted by Crippen LogP contribution is -2.29. The molecule has 3 aromatic rings. The molecule has 0 radical (unpaired) electrons. The van der Waals surface area contributed by atoms with E-state index in [-0.39, 0.29) is 0 Å². The van der Waals surface area contributed by atoms with E-state index in [1.807, 2.05) is 32.0 Å². The van der Waals surface area contributed by atoms with E-state index in [2.05, 4.69) is 37.5 Å². The average molecular weight is 396 g/mol. The fraction of sp³-hybridized carbons (Fsp3) is 0.214. The number of nitrogens with zero attached hydrogens (tertiary/aromatic N) is 2. The number of aromatic amines is 2. The number of rotatable bonds is 2. The summed E-state index contributed by atoms with van der Waals surface area (Å²) < 4.78 is 2.51. The normalized spacial score (nSPS) is 11.2. The van der Waals surface area contributed by atoms with Crippen molar-refractivity contribution in [3.63, 3.8) is 0 Å². The molecule has 0 aliphatic rings. The molecule has 21 heavy (non-hydrogen) atoms. The first-order valence-corrected chi connectivity index (χ1v) is 7.59. The summed E-state index contributed by atoms with van der Waals surface area (Å²) in [5.74, 6) is 0.594. The number of nitrogens with one attached hydrogen (secondary N) is 2. The number of aromatic nitrogens is 4. The Morgan fingerprint density at radius 2 is 2.05 bits per heavy atom. The summed E-state index contributed by atoms with van der Waals surface area (Å²) in [6.07, 6.45) is 0. The van der Waals surface area contributed by atoms with Crippen LogP contribution in [0.1, 0.15) is 12.5 Å². The van der Waals surface area contributed by atoms with Gasteiger partial charge in [0.25, 0.3) is 5.56 Å². The number of hydrogen-bond acceptors (Lipinski definition) is 3. The highest BCUT2D eigenvalue weighted by Crippen LogP contribution is 2.26. The summed E-state index contributed by atoms with van der Waals surface area (Å²) in [4.78, 5) is 33.5. The second-order valence-electron chi connectivity index (χ2n) is 4.72. The Balaban J connectivity index is 2.37. The van der Waals surface area contributed by atoms with Gasteiger partial charge in [0.15, 0.2) is 5.65 Å². The van der Waals surface area contributed by atoms with Crippen LogP contribution in [-0.4, -0.2) is 19.5 Å². The van der Waals surface area contributed by atoms with Crippen molar-refractivity contribution in [3.8, 4) is 11.4 Å². The molecule has 108 valence electrons. The van der Waals surface area contributed by atoms with Gasteiger partial charge in [0, 0.05) is 15.7 Å².